The van der Waals surface area contributed by atoms with Crippen LogP contribution in [0.25, 0.3) is 0 Å². The molecule has 0 amide bonds. The van der Waals surface area contributed by atoms with Crippen LogP contribution in [0.1, 0.15) is 134 Å². The highest BCUT2D eigenvalue weighted by Crippen LogP contribution is 2.13. The van der Waals surface area contributed by atoms with Crippen molar-refractivity contribution in [2.45, 2.75) is 177 Å². The van der Waals surface area contributed by atoms with Crippen molar-refractivity contribution in [3.05, 3.63) is 0 Å². The van der Waals surface area contributed by atoms with E-state index in [1.165, 1.54) is 62.6 Å². The van der Waals surface area contributed by atoms with Gasteiger partial charge in [0.15, 0.2) is 0 Å². The summed E-state index contributed by atoms with van der Waals surface area (Å²) in [6.45, 7) is 44.3. The lowest BCUT2D eigenvalue weighted by Crippen LogP contribution is -2.54. The number of likely N-dealkylation sites (N-methyl/N-ethyl adjacent to an activating group) is 8. The van der Waals surface area contributed by atoms with Crippen LogP contribution >= 0.6 is 0 Å². The van der Waals surface area contributed by atoms with Gasteiger partial charge < -0.3 is 152 Å². The molecule has 0 aromatic carbocycles. The molecule has 31 heteroatoms. The molecule has 0 rings (SSSR count). The average molecular weight is 1680 g/mol. The first-order chi connectivity index (χ1) is 52.4. The molecule has 31 nitrogen and oxygen atoms in total. The van der Waals surface area contributed by atoms with Crippen molar-refractivity contribution in [2.24, 2.45) is 0 Å². The minimum Gasteiger partial charge on any atom is -0.396 e. The Morgan fingerprint density at radius 3 is 0.728 bits per heavy atom. The second-order valence-electron chi connectivity index (χ2n) is 36.3. The van der Waals surface area contributed by atoms with Crippen LogP contribution in [-0.2, 0) is 0 Å². The largest absolute Gasteiger partial charge is 0.396 e. The molecular weight excluding hydrogens is 1470 g/mol. The monoisotopic (exact) mass is 1680 g/mol. The molecule has 0 aliphatic heterocycles. The zero-order valence-electron chi connectivity index (χ0n) is 79.1. The quantitative estimate of drug-likeness (QED) is 0.0172. The maximum absolute atomic E-state index is 9.33. The number of hydrogen-bond acceptors (Lipinski definition) is 21. The molecule has 0 bridgehead atoms. The molecule has 114 heavy (non-hydrogen) atoms. The summed E-state index contributed by atoms with van der Waals surface area (Å²) in [5.41, 5.74) is -0.852. The van der Waals surface area contributed by atoms with E-state index < -0.39 is 42.2 Å². The van der Waals surface area contributed by atoms with E-state index in [9.17, 15) is 25.5 Å². The molecule has 0 radical (unpaired) electrons. The zero-order chi connectivity index (χ0) is 91.6. The fourth-order valence-corrected chi connectivity index (χ4v) is 11.8. The summed E-state index contributed by atoms with van der Waals surface area (Å²) in [7, 11) is 30.4. The molecule has 0 aromatic rings. The summed E-state index contributed by atoms with van der Waals surface area (Å²) in [5.74, 6) is 5.71. The third-order valence-corrected chi connectivity index (χ3v) is 19.3. The second kappa shape index (κ2) is 78.6. The lowest BCUT2D eigenvalue weighted by atomic mass is 10.1. The van der Waals surface area contributed by atoms with Gasteiger partial charge in [-0.3, -0.25) is 0 Å². The molecule has 6 unspecified atom stereocenters. The van der Waals surface area contributed by atoms with Gasteiger partial charge in [0.25, 0.3) is 0 Å². The van der Waals surface area contributed by atoms with Crippen molar-refractivity contribution >= 4 is 0 Å². The maximum atomic E-state index is 9.33. The van der Waals surface area contributed by atoms with Crippen LogP contribution in [0.15, 0.2) is 0 Å². The minimum atomic E-state index is -0.852. The predicted octanol–water partition coefficient (Wildman–Crippen LogP) is -2.37. The first kappa shape index (κ1) is 133. The van der Waals surface area contributed by atoms with Crippen molar-refractivity contribution in [3.8, 4) is 11.8 Å². The maximum Gasteiger partial charge on any atom is 0.140 e. The van der Waals surface area contributed by atoms with Crippen molar-refractivity contribution in [1.82, 2.24) is 0 Å². The van der Waals surface area contributed by atoms with E-state index in [1.807, 2.05) is 63.4 Å². The van der Waals surface area contributed by atoms with Crippen LogP contribution in [0.4, 0.5) is 0 Å². The number of quaternary nitrogens is 10. The van der Waals surface area contributed by atoms with Gasteiger partial charge in [0.05, 0.1) is 237 Å². The Bertz CT molecular complexity index is 1970. The van der Waals surface area contributed by atoms with Crippen LogP contribution in [0.2, 0.25) is 0 Å². The van der Waals surface area contributed by atoms with Gasteiger partial charge >= 0.3 is 0 Å². The zero-order valence-corrected chi connectivity index (χ0v) is 79.1. The average Bonchev–Trinajstić information content (AvgIpc) is 0.871. The number of hydrogen-bond donors (Lipinski definition) is 21. The number of aliphatic hydroxyl groups excluding tert-OH is 20. The highest BCUT2D eigenvalue weighted by molar-refractivity contribution is 5.10. The highest BCUT2D eigenvalue weighted by atomic mass is 16.3. The molecule has 0 aliphatic carbocycles. The molecular formula is C83H202N10O21+10. The third kappa shape index (κ3) is 101. The van der Waals surface area contributed by atoms with Crippen LogP contribution in [0.5, 0.6) is 0 Å². The first-order valence-corrected chi connectivity index (χ1v) is 42.5. The Balaban J connectivity index is -0.000000132. The van der Waals surface area contributed by atoms with E-state index in [4.69, 9.17) is 81.7 Å². The van der Waals surface area contributed by atoms with E-state index >= 15 is 0 Å². The SMILES string of the molecule is CC(C)(O)C#CC[N+](C)(C)C.CC(O)C[N+](C)(CC(C)O)CC(C)O.CC(O)C[N+](C)(CCO)CCO.CCCC[N+](C)(CCCC)CCCCO.CCCC[N+](C)(CCO)CCO.CC[N+](C)(CC)CC(O)CO.CC[N+](C)(CCO)CCO.C[N+](C)(C)CC(O)CO.C[N+](C)(CCO)CCO.C[N+](CCO)(CCO)CCO. The summed E-state index contributed by atoms with van der Waals surface area (Å²) in [4.78, 5) is 0. The van der Waals surface area contributed by atoms with Crippen molar-refractivity contribution in [3.63, 3.8) is 0 Å². The fraction of sp³-hybridized carbons (Fsp3) is 0.976. The predicted molar refractivity (Wildman–Crippen MR) is 466 cm³/mol. The smallest absolute Gasteiger partial charge is 0.140 e. The summed E-state index contributed by atoms with van der Waals surface area (Å²) in [6, 6.07) is 0. The van der Waals surface area contributed by atoms with E-state index in [-0.39, 0.29) is 85.9 Å². The molecule has 0 aromatic heterocycles. The molecule has 0 heterocycles. The molecule has 0 aliphatic rings. The van der Waals surface area contributed by atoms with E-state index in [2.05, 4.69) is 95.7 Å². The van der Waals surface area contributed by atoms with Crippen molar-refractivity contribution < 1.29 is 152 Å². The molecule has 21 N–H and O–H groups in total. The second-order valence-corrected chi connectivity index (χ2v) is 36.3. The van der Waals surface area contributed by atoms with Crippen LogP contribution < -0.4 is 0 Å². The molecule has 0 saturated heterocycles. The van der Waals surface area contributed by atoms with Crippen LogP contribution in [-0.4, -0.2) is 556 Å². The number of aliphatic hydroxyl groups is 21. The third-order valence-electron chi connectivity index (χ3n) is 19.3. The Morgan fingerprint density at radius 1 is 0.263 bits per heavy atom. The number of nitrogens with zero attached hydrogens (tertiary/aromatic N) is 10. The Kier molecular flexibility index (Phi) is 91.6. The Labute approximate surface area is 699 Å². The van der Waals surface area contributed by atoms with Crippen LogP contribution in [0.3, 0.4) is 0 Å². The van der Waals surface area contributed by atoms with Gasteiger partial charge in [-0.05, 0) is 100 Å². The Morgan fingerprint density at radius 2 is 0.509 bits per heavy atom. The van der Waals surface area contributed by atoms with Gasteiger partial charge in [-0.25, -0.2) is 0 Å². The molecule has 0 saturated carbocycles. The molecule has 6 atom stereocenters. The first-order valence-electron chi connectivity index (χ1n) is 42.5. The molecule has 700 valence electrons. The van der Waals surface area contributed by atoms with Crippen LogP contribution in [0, 0.1) is 11.8 Å². The fourth-order valence-electron chi connectivity index (χ4n) is 11.8. The number of rotatable bonds is 53. The molecule has 0 spiro atoms. The highest BCUT2D eigenvalue weighted by Gasteiger charge is 2.29. The summed E-state index contributed by atoms with van der Waals surface area (Å²) in [6.07, 6.45) is 6.91. The number of unbranched alkanes of at least 4 members (excludes halogenated alkanes) is 4. The van der Waals surface area contributed by atoms with E-state index in [0.29, 0.717) is 114 Å². The topological polar surface area (TPSA) is 425 Å². The standard InChI is InChI=1S/C13H30NO.C10H24NO3.C9H22NO2.C9H18NO.C8H20NO3.C8H20NO2.C7H18NO3.C7H18NO2.2C6H16NO2/c1-4-6-10-14(3,11-7-5-2)12-8-9-13-15;1-8(12)5-11(4,6-9(2)13)7-10(3)14;1-3-4-5-10(2,6-8-11)7-9-12;1-9(2,11)7-6-8-10(3,4)5;1-8(12)7-9(2,3-5-10)4-6-11;1-4-9(3,5-2)6-8(11)7-10;1-8(2-5-9,3-6-10)4-7-11;1-3-8(2,4-6-9)5-7-10;1-7(2,3)4-6(9)5-8;1-7(2,3-5-8)4-6-9/h15H,4-13H2,1-3H3;8-10,12-14H,5-7H2,1-4H3;11-12H,3-9H2,1-2H3;11H,8H2,1-5H3;8,10-12H,3-7H2,1-2H3;8,10-11H,4-7H2,1-3H3;9-11H,2-7H2,1H3;9-10H,3-7H2,1-2H3;6,8-9H,4-5H2,1-3H3;8-9H,3-6H2,1-2H3/q10*+1. The lowest BCUT2D eigenvalue weighted by molar-refractivity contribution is -0.917. The lowest BCUT2D eigenvalue weighted by Gasteiger charge is -2.37. The van der Waals surface area contributed by atoms with Gasteiger partial charge in [-0.15, -0.1) is 0 Å². The van der Waals surface area contributed by atoms with Gasteiger partial charge in [0, 0.05) is 6.61 Å². The summed E-state index contributed by atoms with van der Waals surface area (Å²) < 4.78 is 7.30. The van der Waals surface area contributed by atoms with E-state index in [0.717, 1.165) is 89.7 Å². The van der Waals surface area contributed by atoms with Gasteiger partial charge in [-0.2, -0.15) is 0 Å². The van der Waals surface area contributed by atoms with Gasteiger partial charge in [0.2, 0.25) is 0 Å². The molecule has 0 fully saturated rings. The Hall–Kier alpha value is -1.68. The van der Waals surface area contributed by atoms with E-state index in [1.54, 1.807) is 41.5 Å². The van der Waals surface area contributed by atoms with Crippen molar-refractivity contribution in [1.29, 1.82) is 0 Å². The van der Waals surface area contributed by atoms with Gasteiger partial charge in [0.1, 0.15) is 160 Å². The summed E-state index contributed by atoms with van der Waals surface area (Å²) in [5, 5.41) is 186. The normalized spacial score (nSPS) is 14.2. The minimum absolute atomic E-state index is 0.0865. The van der Waals surface area contributed by atoms with Gasteiger partial charge in [-0.1, -0.05) is 46.0 Å². The summed E-state index contributed by atoms with van der Waals surface area (Å²) >= 11 is 0. The van der Waals surface area contributed by atoms with Crippen molar-refractivity contribution in [2.75, 3.05) is 362 Å².